The lowest BCUT2D eigenvalue weighted by atomic mass is 9.89. The molecule has 1 fully saturated rings. The fourth-order valence-corrected chi connectivity index (χ4v) is 4.03. The number of hydrogen-bond acceptors (Lipinski definition) is 6. The van der Waals surface area contributed by atoms with E-state index >= 15 is 0 Å². The second kappa shape index (κ2) is 9.16. The average Bonchev–Trinajstić information content (AvgIpc) is 3.39. The molecule has 8 nitrogen and oxygen atoms in total. The zero-order valence-corrected chi connectivity index (χ0v) is 17.1. The van der Waals surface area contributed by atoms with Crippen LogP contribution in [0.1, 0.15) is 68.9 Å². The summed E-state index contributed by atoms with van der Waals surface area (Å²) in [4.78, 5) is 50.6. The number of imide groups is 1. The Labute approximate surface area is 179 Å². The Balaban J connectivity index is 1.33. The van der Waals surface area contributed by atoms with Crippen molar-refractivity contribution in [1.29, 1.82) is 0 Å². The summed E-state index contributed by atoms with van der Waals surface area (Å²) < 4.78 is 10.3. The zero-order chi connectivity index (χ0) is 21.8. The van der Waals surface area contributed by atoms with Gasteiger partial charge in [0.15, 0.2) is 6.61 Å². The van der Waals surface area contributed by atoms with Crippen molar-refractivity contribution in [3.63, 3.8) is 0 Å². The number of rotatable bonds is 7. The molecule has 4 rings (SSSR count). The number of carbonyl (C=O) groups is 4. The minimum Gasteiger partial charge on any atom is -0.467 e. The molecule has 0 bridgehead atoms. The summed E-state index contributed by atoms with van der Waals surface area (Å²) in [6.45, 7) is 0.220. The van der Waals surface area contributed by atoms with Crippen molar-refractivity contribution in [2.24, 2.45) is 5.92 Å². The minimum absolute atomic E-state index is 0.0142. The van der Waals surface area contributed by atoms with Gasteiger partial charge in [-0.05, 0) is 49.1 Å². The Morgan fingerprint density at radius 1 is 1.06 bits per heavy atom. The highest BCUT2D eigenvalue weighted by atomic mass is 16.5. The summed E-state index contributed by atoms with van der Waals surface area (Å²) in [7, 11) is 0. The highest BCUT2D eigenvalue weighted by molar-refractivity contribution is 6.21. The molecule has 31 heavy (non-hydrogen) atoms. The first-order valence-electron chi connectivity index (χ1n) is 10.5. The Kier molecular flexibility index (Phi) is 6.16. The summed E-state index contributed by atoms with van der Waals surface area (Å²) in [5.74, 6) is -1.06. The van der Waals surface area contributed by atoms with Crippen LogP contribution < -0.4 is 5.32 Å². The Bertz CT molecular complexity index is 992. The predicted molar refractivity (Wildman–Crippen MR) is 109 cm³/mol. The van der Waals surface area contributed by atoms with E-state index in [2.05, 4.69) is 5.32 Å². The number of carbonyl (C=O) groups excluding carboxylic acids is 4. The van der Waals surface area contributed by atoms with Crippen LogP contribution in [-0.2, 0) is 16.1 Å². The first kappa shape index (κ1) is 20.8. The maximum absolute atomic E-state index is 12.7. The molecule has 162 valence electrons. The quantitative estimate of drug-likeness (QED) is 0.541. The molecule has 8 heteroatoms. The monoisotopic (exact) mass is 424 g/mol. The molecule has 1 aliphatic heterocycles. The summed E-state index contributed by atoms with van der Waals surface area (Å²) in [5.41, 5.74) is 0.464. The van der Waals surface area contributed by atoms with Crippen LogP contribution in [0.15, 0.2) is 41.0 Å². The number of nitrogens with one attached hydrogen (secondary N) is 1. The van der Waals surface area contributed by atoms with Gasteiger partial charge in [-0.15, -0.1) is 0 Å². The van der Waals surface area contributed by atoms with E-state index in [-0.39, 0.29) is 35.7 Å². The number of amides is 3. The molecule has 2 aliphatic rings. The SMILES string of the molecule is O=C(COC(=O)c1ccc2c(c1)C(=O)N(Cc1ccco1)C2=O)NCC1CCCCC1. The first-order chi connectivity index (χ1) is 15.0. The summed E-state index contributed by atoms with van der Waals surface area (Å²) in [6.07, 6.45) is 7.31. The molecule has 3 amide bonds. The molecule has 0 spiro atoms. The van der Waals surface area contributed by atoms with Gasteiger partial charge in [-0.2, -0.15) is 0 Å². The molecule has 2 heterocycles. The van der Waals surface area contributed by atoms with Gasteiger partial charge in [-0.3, -0.25) is 19.3 Å². The van der Waals surface area contributed by atoms with Crippen LogP contribution in [0.3, 0.4) is 0 Å². The van der Waals surface area contributed by atoms with Gasteiger partial charge in [-0.1, -0.05) is 19.3 Å². The molecule has 2 aromatic rings. The fraction of sp³-hybridized carbons (Fsp3) is 0.391. The van der Waals surface area contributed by atoms with E-state index in [1.54, 1.807) is 12.1 Å². The van der Waals surface area contributed by atoms with Gasteiger partial charge < -0.3 is 14.5 Å². The Hall–Kier alpha value is -3.42. The third-order valence-corrected chi connectivity index (χ3v) is 5.75. The Morgan fingerprint density at radius 2 is 1.84 bits per heavy atom. The Morgan fingerprint density at radius 3 is 2.58 bits per heavy atom. The maximum Gasteiger partial charge on any atom is 0.338 e. The van der Waals surface area contributed by atoms with E-state index in [1.807, 2.05) is 0 Å². The smallest absolute Gasteiger partial charge is 0.338 e. The van der Waals surface area contributed by atoms with Crippen LogP contribution in [0, 0.1) is 5.92 Å². The molecule has 0 saturated heterocycles. The topological polar surface area (TPSA) is 106 Å². The van der Waals surface area contributed by atoms with Crippen LogP contribution in [-0.4, -0.2) is 41.7 Å². The molecular formula is C23H24N2O6. The lowest BCUT2D eigenvalue weighted by Crippen LogP contribution is -2.33. The number of esters is 1. The molecule has 1 aromatic heterocycles. The van der Waals surface area contributed by atoms with Crippen molar-refractivity contribution in [3.8, 4) is 0 Å². The summed E-state index contributed by atoms with van der Waals surface area (Å²) >= 11 is 0. The molecule has 1 aliphatic carbocycles. The third kappa shape index (κ3) is 4.68. The van der Waals surface area contributed by atoms with Crippen LogP contribution in [0.25, 0.3) is 0 Å². The van der Waals surface area contributed by atoms with Gasteiger partial charge in [0.05, 0.1) is 29.5 Å². The maximum atomic E-state index is 12.7. The summed E-state index contributed by atoms with van der Waals surface area (Å²) in [5, 5.41) is 2.81. The summed E-state index contributed by atoms with van der Waals surface area (Å²) in [6, 6.07) is 7.53. The zero-order valence-electron chi connectivity index (χ0n) is 17.1. The van der Waals surface area contributed by atoms with Crippen molar-refractivity contribution in [1.82, 2.24) is 10.2 Å². The molecule has 1 aromatic carbocycles. The molecule has 0 atom stereocenters. The highest BCUT2D eigenvalue weighted by Gasteiger charge is 2.36. The number of benzene rings is 1. The number of furan rings is 1. The van der Waals surface area contributed by atoms with Gasteiger partial charge in [0.2, 0.25) is 0 Å². The predicted octanol–water partition coefficient (Wildman–Crippen LogP) is 2.93. The number of hydrogen-bond donors (Lipinski definition) is 1. The second-order valence-corrected chi connectivity index (χ2v) is 7.92. The van der Waals surface area contributed by atoms with E-state index in [0.29, 0.717) is 18.2 Å². The van der Waals surface area contributed by atoms with E-state index in [0.717, 1.165) is 17.7 Å². The van der Waals surface area contributed by atoms with E-state index in [9.17, 15) is 19.2 Å². The molecular weight excluding hydrogens is 400 g/mol. The van der Waals surface area contributed by atoms with Crippen LogP contribution >= 0.6 is 0 Å². The van der Waals surface area contributed by atoms with Crippen molar-refractivity contribution in [2.75, 3.05) is 13.2 Å². The van der Waals surface area contributed by atoms with Crippen molar-refractivity contribution in [3.05, 3.63) is 59.0 Å². The van der Waals surface area contributed by atoms with Crippen molar-refractivity contribution >= 4 is 23.7 Å². The van der Waals surface area contributed by atoms with Gasteiger partial charge in [0, 0.05) is 6.54 Å². The first-order valence-corrected chi connectivity index (χ1v) is 10.5. The van der Waals surface area contributed by atoms with Crippen LogP contribution in [0.2, 0.25) is 0 Å². The average molecular weight is 424 g/mol. The lowest BCUT2D eigenvalue weighted by molar-refractivity contribution is -0.124. The van der Waals surface area contributed by atoms with Gasteiger partial charge in [-0.25, -0.2) is 4.79 Å². The standard InChI is InChI=1S/C23H24N2O6/c26-20(24-12-15-5-2-1-3-6-15)14-31-23(29)16-8-9-18-19(11-16)22(28)25(21(18)27)13-17-7-4-10-30-17/h4,7-11,15H,1-3,5-6,12-14H2,(H,24,26). The fourth-order valence-electron chi connectivity index (χ4n) is 4.03. The van der Waals surface area contributed by atoms with E-state index < -0.39 is 17.8 Å². The molecule has 1 N–H and O–H groups in total. The number of nitrogens with zero attached hydrogens (tertiary/aromatic N) is 1. The van der Waals surface area contributed by atoms with E-state index in [1.165, 1.54) is 43.7 Å². The lowest BCUT2D eigenvalue weighted by Gasteiger charge is -2.21. The normalized spacial score (nSPS) is 16.3. The van der Waals surface area contributed by atoms with Gasteiger partial charge in [0.1, 0.15) is 5.76 Å². The van der Waals surface area contributed by atoms with Crippen LogP contribution in [0.4, 0.5) is 0 Å². The van der Waals surface area contributed by atoms with Gasteiger partial charge in [0.25, 0.3) is 17.7 Å². The van der Waals surface area contributed by atoms with Crippen molar-refractivity contribution in [2.45, 2.75) is 38.6 Å². The van der Waals surface area contributed by atoms with Gasteiger partial charge >= 0.3 is 5.97 Å². The van der Waals surface area contributed by atoms with Crippen LogP contribution in [0.5, 0.6) is 0 Å². The van der Waals surface area contributed by atoms with Crippen molar-refractivity contribution < 1.29 is 28.3 Å². The largest absolute Gasteiger partial charge is 0.467 e. The number of ether oxygens (including phenoxy) is 1. The number of fused-ring (bicyclic) bond motifs is 1. The second-order valence-electron chi connectivity index (χ2n) is 7.92. The highest BCUT2D eigenvalue weighted by Crippen LogP contribution is 2.26. The minimum atomic E-state index is -0.722. The molecule has 0 unspecified atom stereocenters. The third-order valence-electron chi connectivity index (χ3n) is 5.75. The molecule has 0 radical (unpaired) electrons. The van der Waals surface area contributed by atoms with E-state index in [4.69, 9.17) is 9.15 Å². The molecule has 1 saturated carbocycles.